The number of hydrogen-bond acceptors (Lipinski definition) is 3. The van der Waals surface area contributed by atoms with Gasteiger partial charge in [0.25, 0.3) is 0 Å². The Kier molecular flexibility index (Phi) is 3.72. The number of benzene rings is 2. The van der Waals surface area contributed by atoms with Crippen molar-refractivity contribution in [3.05, 3.63) is 48.0 Å². The second-order valence-corrected chi connectivity index (χ2v) is 4.06. The summed E-state index contributed by atoms with van der Waals surface area (Å²) in [5.74, 6) is 1.45. The minimum atomic E-state index is 0.718. The average molecular weight is 243 g/mol. The lowest BCUT2D eigenvalue weighted by molar-refractivity contribution is 0.355. The maximum Gasteiger partial charge on any atom is 0.162 e. The van der Waals surface area contributed by atoms with Gasteiger partial charge in [0.05, 0.1) is 14.2 Å². The van der Waals surface area contributed by atoms with E-state index in [1.807, 2.05) is 30.3 Å². The van der Waals surface area contributed by atoms with Gasteiger partial charge in [-0.1, -0.05) is 12.1 Å². The third-order valence-corrected chi connectivity index (χ3v) is 2.69. The lowest BCUT2D eigenvalue weighted by Gasteiger charge is -2.11. The molecule has 0 aromatic heterocycles. The van der Waals surface area contributed by atoms with Crippen molar-refractivity contribution in [2.45, 2.75) is 6.92 Å². The van der Waals surface area contributed by atoms with Crippen LogP contribution in [-0.2, 0) is 0 Å². The maximum absolute atomic E-state index is 5.27. The Labute approximate surface area is 107 Å². The van der Waals surface area contributed by atoms with Crippen LogP contribution in [0.25, 0.3) is 0 Å². The molecule has 0 amide bonds. The molecular formula is C15H17NO2. The summed E-state index contributed by atoms with van der Waals surface area (Å²) in [7, 11) is 3.26. The largest absolute Gasteiger partial charge is 0.493 e. The van der Waals surface area contributed by atoms with Crippen LogP contribution in [0.1, 0.15) is 5.56 Å². The summed E-state index contributed by atoms with van der Waals surface area (Å²) in [5, 5.41) is 3.34. The zero-order valence-corrected chi connectivity index (χ0v) is 10.9. The molecule has 1 N–H and O–H groups in total. The lowest BCUT2D eigenvalue weighted by Crippen LogP contribution is -1.94. The van der Waals surface area contributed by atoms with Gasteiger partial charge >= 0.3 is 0 Å². The van der Waals surface area contributed by atoms with Crippen molar-refractivity contribution in [2.24, 2.45) is 0 Å². The van der Waals surface area contributed by atoms with Crippen LogP contribution in [0.5, 0.6) is 11.5 Å². The lowest BCUT2D eigenvalue weighted by atomic mass is 10.2. The van der Waals surface area contributed by atoms with E-state index in [4.69, 9.17) is 9.47 Å². The third-order valence-electron chi connectivity index (χ3n) is 2.69. The number of anilines is 2. The van der Waals surface area contributed by atoms with E-state index in [0.29, 0.717) is 0 Å². The monoisotopic (exact) mass is 243 g/mol. The highest BCUT2D eigenvalue weighted by molar-refractivity contribution is 5.63. The smallest absolute Gasteiger partial charge is 0.162 e. The topological polar surface area (TPSA) is 30.5 Å². The fraction of sp³-hybridized carbons (Fsp3) is 0.200. The molecule has 2 aromatic rings. The summed E-state index contributed by atoms with van der Waals surface area (Å²) in [6, 6.07) is 14.0. The van der Waals surface area contributed by atoms with Crippen LogP contribution in [0.15, 0.2) is 42.5 Å². The van der Waals surface area contributed by atoms with Crippen molar-refractivity contribution in [1.82, 2.24) is 0 Å². The highest BCUT2D eigenvalue weighted by Gasteiger charge is 2.04. The van der Waals surface area contributed by atoms with Crippen molar-refractivity contribution in [3.8, 4) is 11.5 Å². The SMILES string of the molecule is COc1ccc(Nc2cccc(C)c2)cc1OC. The van der Waals surface area contributed by atoms with Crippen molar-refractivity contribution in [1.29, 1.82) is 0 Å². The molecular weight excluding hydrogens is 226 g/mol. The average Bonchev–Trinajstić information content (AvgIpc) is 2.38. The minimum Gasteiger partial charge on any atom is -0.493 e. The normalized spacial score (nSPS) is 9.94. The van der Waals surface area contributed by atoms with Crippen LogP contribution < -0.4 is 14.8 Å². The van der Waals surface area contributed by atoms with E-state index < -0.39 is 0 Å². The molecule has 18 heavy (non-hydrogen) atoms. The molecule has 0 fully saturated rings. The first-order valence-electron chi connectivity index (χ1n) is 5.78. The number of aryl methyl sites for hydroxylation is 1. The first kappa shape index (κ1) is 12.3. The second kappa shape index (κ2) is 5.45. The molecule has 0 aliphatic rings. The molecule has 2 aromatic carbocycles. The Hall–Kier alpha value is -2.16. The molecule has 94 valence electrons. The van der Waals surface area contributed by atoms with Gasteiger partial charge in [-0.25, -0.2) is 0 Å². The summed E-state index contributed by atoms with van der Waals surface area (Å²) < 4.78 is 10.5. The van der Waals surface area contributed by atoms with Crippen LogP contribution in [0.3, 0.4) is 0 Å². The standard InChI is InChI=1S/C15H17NO2/c1-11-5-4-6-12(9-11)16-13-7-8-14(17-2)15(10-13)18-3/h4-10,16H,1-3H3. The molecule has 0 unspecified atom stereocenters. The first-order chi connectivity index (χ1) is 8.72. The highest BCUT2D eigenvalue weighted by atomic mass is 16.5. The van der Waals surface area contributed by atoms with E-state index in [1.54, 1.807) is 14.2 Å². The van der Waals surface area contributed by atoms with E-state index in [0.717, 1.165) is 22.9 Å². The Morgan fingerprint density at radius 2 is 1.56 bits per heavy atom. The fourth-order valence-electron chi connectivity index (χ4n) is 1.80. The van der Waals surface area contributed by atoms with Gasteiger partial charge in [0.1, 0.15) is 0 Å². The van der Waals surface area contributed by atoms with Gasteiger partial charge in [0.15, 0.2) is 11.5 Å². The van der Waals surface area contributed by atoms with Crippen molar-refractivity contribution < 1.29 is 9.47 Å². The molecule has 3 nitrogen and oxygen atoms in total. The molecule has 0 saturated heterocycles. The molecule has 2 rings (SSSR count). The molecule has 3 heteroatoms. The van der Waals surface area contributed by atoms with Gasteiger partial charge < -0.3 is 14.8 Å². The second-order valence-electron chi connectivity index (χ2n) is 4.06. The maximum atomic E-state index is 5.27. The predicted octanol–water partition coefficient (Wildman–Crippen LogP) is 3.76. The zero-order valence-electron chi connectivity index (χ0n) is 10.9. The van der Waals surface area contributed by atoms with Crippen molar-refractivity contribution in [3.63, 3.8) is 0 Å². The van der Waals surface area contributed by atoms with Crippen LogP contribution >= 0.6 is 0 Å². The Morgan fingerprint density at radius 1 is 0.833 bits per heavy atom. The van der Waals surface area contributed by atoms with Gasteiger partial charge in [-0.3, -0.25) is 0 Å². The summed E-state index contributed by atoms with van der Waals surface area (Å²) in [5.41, 5.74) is 3.25. The van der Waals surface area contributed by atoms with Crippen LogP contribution in [0, 0.1) is 6.92 Å². The van der Waals surface area contributed by atoms with Gasteiger partial charge in [-0.2, -0.15) is 0 Å². The molecule has 0 aliphatic carbocycles. The van der Waals surface area contributed by atoms with Crippen molar-refractivity contribution >= 4 is 11.4 Å². The number of ether oxygens (including phenoxy) is 2. The summed E-state index contributed by atoms with van der Waals surface area (Å²) in [6.45, 7) is 2.07. The molecule has 0 radical (unpaired) electrons. The van der Waals surface area contributed by atoms with E-state index in [2.05, 4.69) is 24.4 Å². The summed E-state index contributed by atoms with van der Waals surface area (Å²) >= 11 is 0. The van der Waals surface area contributed by atoms with E-state index in [9.17, 15) is 0 Å². The predicted molar refractivity (Wildman–Crippen MR) is 74.0 cm³/mol. The number of hydrogen-bond donors (Lipinski definition) is 1. The summed E-state index contributed by atoms with van der Waals surface area (Å²) in [6.07, 6.45) is 0. The zero-order chi connectivity index (χ0) is 13.0. The number of rotatable bonds is 4. The van der Waals surface area contributed by atoms with E-state index in [-0.39, 0.29) is 0 Å². The third kappa shape index (κ3) is 2.74. The molecule has 0 heterocycles. The van der Waals surface area contributed by atoms with E-state index in [1.165, 1.54) is 5.56 Å². The molecule has 0 atom stereocenters. The quantitative estimate of drug-likeness (QED) is 0.887. The van der Waals surface area contributed by atoms with Gasteiger partial charge in [-0.05, 0) is 36.8 Å². The van der Waals surface area contributed by atoms with Gasteiger partial charge in [0, 0.05) is 17.4 Å². The Morgan fingerprint density at radius 3 is 2.22 bits per heavy atom. The van der Waals surface area contributed by atoms with E-state index >= 15 is 0 Å². The highest BCUT2D eigenvalue weighted by Crippen LogP contribution is 2.31. The number of methoxy groups -OCH3 is 2. The fourth-order valence-corrected chi connectivity index (χ4v) is 1.80. The summed E-state index contributed by atoms with van der Waals surface area (Å²) in [4.78, 5) is 0. The molecule has 0 bridgehead atoms. The van der Waals surface area contributed by atoms with Gasteiger partial charge in [-0.15, -0.1) is 0 Å². The van der Waals surface area contributed by atoms with Gasteiger partial charge in [0.2, 0.25) is 0 Å². The van der Waals surface area contributed by atoms with Crippen LogP contribution in [0.4, 0.5) is 11.4 Å². The first-order valence-corrected chi connectivity index (χ1v) is 5.78. The Bertz CT molecular complexity index is 538. The molecule has 0 aliphatic heterocycles. The number of nitrogens with one attached hydrogen (secondary N) is 1. The molecule has 0 spiro atoms. The van der Waals surface area contributed by atoms with Crippen LogP contribution in [-0.4, -0.2) is 14.2 Å². The minimum absolute atomic E-state index is 0.718. The van der Waals surface area contributed by atoms with Crippen LogP contribution in [0.2, 0.25) is 0 Å². The molecule has 0 saturated carbocycles. The Balaban J connectivity index is 2.24. The van der Waals surface area contributed by atoms with Crippen molar-refractivity contribution in [2.75, 3.05) is 19.5 Å².